The van der Waals surface area contributed by atoms with E-state index in [4.69, 9.17) is 0 Å². The lowest BCUT2D eigenvalue weighted by molar-refractivity contribution is 0.338. The Kier molecular flexibility index (Phi) is 6.56. The quantitative estimate of drug-likeness (QED) is 0.782. The molecule has 2 atom stereocenters. The monoisotopic (exact) mass is 288 g/mol. The van der Waals surface area contributed by atoms with Crippen LogP contribution in [0.4, 0.5) is 5.69 Å². The molecule has 1 N–H and O–H groups in total. The summed E-state index contributed by atoms with van der Waals surface area (Å²) in [6.07, 6.45) is 8.17. The van der Waals surface area contributed by atoms with Crippen LogP contribution in [0, 0.1) is 12.8 Å². The Bertz CT molecular complexity index is 416. The summed E-state index contributed by atoms with van der Waals surface area (Å²) in [7, 11) is 2.25. The van der Waals surface area contributed by atoms with Gasteiger partial charge in [-0.3, -0.25) is 0 Å². The predicted molar refractivity (Wildman–Crippen MR) is 93.1 cm³/mol. The van der Waals surface area contributed by atoms with Crippen LogP contribution < -0.4 is 10.2 Å². The molecule has 0 bridgehead atoms. The first kappa shape index (κ1) is 16.4. The second kappa shape index (κ2) is 8.43. The highest BCUT2D eigenvalue weighted by molar-refractivity contribution is 5.47. The van der Waals surface area contributed by atoms with Crippen LogP contribution in [0.5, 0.6) is 0 Å². The van der Waals surface area contributed by atoms with Crippen LogP contribution in [0.25, 0.3) is 0 Å². The molecule has 2 rings (SSSR count). The van der Waals surface area contributed by atoms with E-state index in [-0.39, 0.29) is 0 Å². The summed E-state index contributed by atoms with van der Waals surface area (Å²) >= 11 is 0. The van der Waals surface area contributed by atoms with E-state index in [0.717, 1.165) is 12.5 Å². The summed E-state index contributed by atoms with van der Waals surface area (Å²) in [5, 5.41) is 3.80. The first-order valence-corrected chi connectivity index (χ1v) is 8.72. The highest BCUT2D eigenvalue weighted by Gasteiger charge is 2.24. The average molecular weight is 288 g/mol. The van der Waals surface area contributed by atoms with Crippen LogP contribution in [0.2, 0.25) is 0 Å². The Morgan fingerprint density at radius 1 is 1.19 bits per heavy atom. The van der Waals surface area contributed by atoms with E-state index in [9.17, 15) is 0 Å². The summed E-state index contributed by atoms with van der Waals surface area (Å²) < 4.78 is 0. The van der Waals surface area contributed by atoms with E-state index in [1.165, 1.54) is 56.3 Å². The summed E-state index contributed by atoms with van der Waals surface area (Å²) in [5.41, 5.74) is 2.70. The molecule has 2 nitrogen and oxygen atoms in total. The van der Waals surface area contributed by atoms with Crippen molar-refractivity contribution in [2.75, 3.05) is 25.0 Å². The molecule has 118 valence electrons. The van der Waals surface area contributed by atoms with Gasteiger partial charge in [0.2, 0.25) is 0 Å². The van der Waals surface area contributed by atoms with E-state index in [1.807, 2.05) is 0 Å². The average Bonchev–Trinajstić information content (AvgIpc) is 2.70. The third-order valence-electron chi connectivity index (χ3n) is 4.77. The third kappa shape index (κ3) is 5.03. The Morgan fingerprint density at radius 3 is 2.76 bits per heavy atom. The van der Waals surface area contributed by atoms with Gasteiger partial charge in [-0.25, -0.2) is 0 Å². The van der Waals surface area contributed by atoms with Gasteiger partial charge in [-0.2, -0.15) is 0 Å². The van der Waals surface area contributed by atoms with Crippen molar-refractivity contribution in [2.45, 2.75) is 58.4 Å². The van der Waals surface area contributed by atoms with Crippen molar-refractivity contribution in [3.8, 4) is 0 Å². The van der Waals surface area contributed by atoms with Gasteiger partial charge >= 0.3 is 0 Å². The number of nitrogens with zero attached hydrogens (tertiary/aromatic N) is 1. The summed E-state index contributed by atoms with van der Waals surface area (Å²) in [5.74, 6) is 0.782. The van der Waals surface area contributed by atoms with Gasteiger partial charge in [0.05, 0.1) is 0 Å². The number of anilines is 1. The fourth-order valence-corrected chi connectivity index (χ4v) is 3.52. The van der Waals surface area contributed by atoms with Crippen molar-refractivity contribution in [3.63, 3.8) is 0 Å². The zero-order valence-electron chi connectivity index (χ0n) is 14.1. The molecule has 1 aromatic rings. The number of aryl methyl sites for hydroxylation is 1. The minimum Gasteiger partial charge on any atom is -0.374 e. The van der Waals surface area contributed by atoms with Crippen molar-refractivity contribution in [2.24, 2.45) is 5.92 Å². The molecule has 2 unspecified atom stereocenters. The minimum absolute atomic E-state index is 0.708. The lowest BCUT2D eigenvalue weighted by Gasteiger charge is -2.31. The molecule has 1 aliphatic rings. The number of benzene rings is 1. The predicted octanol–water partition coefficient (Wildman–Crippen LogP) is 4.38. The normalized spacial score (nSPS) is 22.8. The largest absolute Gasteiger partial charge is 0.374 e. The highest BCUT2D eigenvalue weighted by atomic mass is 15.1. The van der Waals surface area contributed by atoms with E-state index in [1.54, 1.807) is 0 Å². The Morgan fingerprint density at radius 2 is 2.00 bits per heavy atom. The zero-order valence-corrected chi connectivity index (χ0v) is 14.1. The number of rotatable bonds is 6. The number of hydrogen-bond acceptors (Lipinski definition) is 2. The molecule has 1 saturated carbocycles. The molecule has 0 radical (unpaired) electrons. The van der Waals surface area contributed by atoms with Gasteiger partial charge in [-0.15, -0.1) is 0 Å². The first-order valence-electron chi connectivity index (χ1n) is 8.72. The van der Waals surface area contributed by atoms with Crippen LogP contribution in [0.3, 0.4) is 0 Å². The second-order valence-electron chi connectivity index (χ2n) is 6.68. The molecule has 0 spiro atoms. The van der Waals surface area contributed by atoms with Crippen molar-refractivity contribution >= 4 is 5.69 Å². The van der Waals surface area contributed by atoms with Gasteiger partial charge < -0.3 is 10.2 Å². The van der Waals surface area contributed by atoms with E-state index in [2.05, 4.69) is 55.4 Å². The topological polar surface area (TPSA) is 15.3 Å². The molecule has 0 heterocycles. The molecule has 0 saturated heterocycles. The maximum Gasteiger partial charge on any atom is 0.0366 e. The lowest BCUT2D eigenvalue weighted by atomic mass is 9.93. The molecule has 0 amide bonds. The van der Waals surface area contributed by atoms with Crippen molar-refractivity contribution in [1.29, 1.82) is 0 Å². The standard InChI is InChI=1S/C19H32N2/c1-4-13-20-19-12-7-5-6-10-17(19)15-21(3)18-11-8-9-16(2)14-18/h8-9,11,14,17,19-20H,4-7,10,12-13,15H2,1-3H3. The molecule has 21 heavy (non-hydrogen) atoms. The van der Waals surface area contributed by atoms with E-state index in [0.29, 0.717) is 6.04 Å². The van der Waals surface area contributed by atoms with E-state index < -0.39 is 0 Å². The molecule has 1 aliphatic carbocycles. The zero-order chi connectivity index (χ0) is 15.1. The number of nitrogens with one attached hydrogen (secondary N) is 1. The molecular weight excluding hydrogens is 256 g/mol. The van der Waals surface area contributed by atoms with Gasteiger partial charge in [-0.1, -0.05) is 38.3 Å². The fraction of sp³-hybridized carbons (Fsp3) is 0.684. The summed E-state index contributed by atoms with van der Waals surface area (Å²) in [6, 6.07) is 9.58. The summed E-state index contributed by atoms with van der Waals surface area (Å²) in [6.45, 7) is 6.77. The molecule has 1 fully saturated rings. The first-order chi connectivity index (χ1) is 10.2. The Hall–Kier alpha value is -1.02. The maximum atomic E-state index is 3.80. The molecular formula is C19H32N2. The Balaban J connectivity index is 1.99. The maximum absolute atomic E-state index is 3.80. The van der Waals surface area contributed by atoms with Crippen LogP contribution in [0.1, 0.15) is 51.0 Å². The third-order valence-corrected chi connectivity index (χ3v) is 4.77. The highest BCUT2D eigenvalue weighted by Crippen LogP contribution is 2.26. The van der Waals surface area contributed by atoms with Crippen LogP contribution in [-0.2, 0) is 0 Å². The van der Waals surface area contributed by atoms with Gasteiger partial charge in [0, 0.05) is 25.3 Å². The van der Waals surface area contributed by atoms with Gasteiger partial charge in [0.15, 0.2) is 0 Å². The van der Waals surface area contributed by atoms with Gasteiger partial charge in [0.1, 0.15) is 0 Å². The molecule has 0 aromatic heterocycles. The van der Waals surface area contributed by atoms with Crippen molar-refractivity contribution in [1.82, 2.24) is 5.32 Å². The smallest absolute Gasteiger partial charge is 0.0366 e. The van der Waals surface area contributed by atoms with Gasteiger partial charge in [-0.05, 0) is 56.3 Å². The van der Waals surface area contributed by atoms with Crippen LogP contribution in [0.15, 0.2) is 24.3 Å². The van der Waals surface area contributed by atoms with Gasteiger partial charge in [0.25, 0.3) is 0 Å². The summed E-state index contributed by atoms with van der Waals surface area (Å²) in [4.78, 5) is 2.45. The Labute approximate surface area is 130 Å². The van der Waals surface area contributed by atoms with Crippen molar-refractivity contribution < 1.29 is 0 Å². The SMILES string of the molecule is CCCNC1CCCCCC1CN(C)c1cccc(C)c1. The van der Waals surface area contributed by atoms with E-state index >= 15 is 0 Å². The fourth-order valence-electron chi connectivity index (χ4n) is 3.52. The molecule has 2 heteroatoms. The van der Waals surface area contributed by atoms with Crippen molar-refractivity contribution in [3.05, 3.63) is 29.8 Å². The van der Waals surface area contributed by atoms with Crippen LogP contribution in [-0.4, -0.2) is 26.2 Å². The lowest BCUT2D eigenvalue weighted by Crippen LogP contribution is -2.41. The minimum atomic E-state index is 0.708. The number of hydrogen-bond donors (Lipinski definition) is 1. The molecule has 0 aliphatic heterocycles. The second-order valence-corrected chi connectivity index (χ2v) is 6.68. The van der Waals surface area contributed by atoms with Crippen LogP contribution >= 0.6 is 0 Å². The molecule has 1 aromatic carbocycles.